The van der Waals surface area contributed by atoms with Gasteiger partial charge in [0, 0.05) is 48.9 Å². The number of rotatable bonds is 8. The number of carbonyl (C=O) groups excluding carboxylic acids is 1. The number of benzene rings is 2. The van der Waals surface area contributed by atoms with Crippen LogP contribution in [-0.2, 0) is 13.1 Å². The second kappa shape index (κ2) is 9.69. The van der Waals surface area contributed by atoms with Gasteiger partial charge in [-0.3, -0.25) is 14.5 Å². The third-order valence-electron chi connectivity index (χ3n) is 8.29. The third kappa shape index (κ3) is 4.94. The summed E-state index contributed by atoms with van der Waals surface area (Å²) in [5, 5.41) is 4.53. The van der Waals surface area contributed by atoms with E-state index in [1.54, 1.807) is 13.0 Å². The van der Waals surface area contributed by atoms with Gasteiger partial charge in [-0.2, -0.15) is 0 Å². The molecule has 2 heterocycles. The lowest BCUT2D eigenvalue weighted by atomic mass is 9.94. The van der Waals surface area contributed by atoms with Crippen molar-refractivity contribution in [2.24, 2.45) is 11.7 Å². The molecular formula is C30H35FN4O2. The zero-order valence-electron chi connectivity index (χ0n) is 21.4. The van der Waals surface area contributed by atoms with Crippen LogP contribution in [0.5, 0.6) is 0 Å². The van der Waals surface area contributed by atoms with Crippen LogP contribution < -0.4 is 16.6 Å². The van der Waals surface area contributed by atoms with Crippen molar-refractivity contribution in [1.82, 2.24) is 14.8 Å². The molecule has 2 aromatic carbocycles. The number of nitrogens with two attached hydrogens (primary N) is 1. The summed E-state index contributed by atoms with van der Waals surface area (Å²) < 4.78 is 16.9. The Kier molecular flexibility index (Phi) is 6.37. The Morgan fingerprint density at radius 1 is 1.11 bits per heavy atom. The Balaban J connectivity index is 1.44. The highest BCUT2D eigenvalue weighted by Crippen LogP contribution is 2.33. The van der Waals surface area contributed by atoms with E-state index in [0.717, 1.165) is 61.8 Å². The normalized spacial score (nSPS) is 20.0. The predicted octanol–water partition coefficient (Wildman–Crippen LogP) is 4.34. The molecule has 3 fully saturated rings. The molecule has 7 heteroatoms. The smallest absolute Gasteiger partial charge is 0.258 e. The van der Waals surface area contributed by atoms with Gasteiger partial charge in [0.15, 0.2) is 0 Å². The molecule has 3 aliphatic rings. The number of likely N-dealkylation sites (tertiary alicyclic amines) is 1. The second-order valence-corrected chi connectivity index (χ2v) is 11.2. The number of pyridine rings is 1. The van der Waals surface area contributed by atoms with Gasteiger partial charge >= 0.3 is 0 Å². The predicted molar refractivity (Wildman–Crippen MR) is 144 cm³/mol. The molecule has 0 unspecified atom stereocenters. The summed E-state index contributed by atoms with van der Waals surface area (Å²) in [5.41, 5.74) is 9.48. The first kappa shape index (κ1) is 24.3. The fraction of sp³-hybridized carbons (Fsp3) is 0.467. The molecule has 1 amide bonds. The van der Waals surface area contributed by atoms with Crippen LogP contribution in [0.1, 0.15) is 60.0 Å². The number of aromatic nitrogens is 1. The first-order valence-electron chi connectivity index (χ1n) is 13.6. The lowest BCUT2D eigenvalue weighted by Crippen LogP contribution is -2.35. The van der Waals surface area contributed by atoms with E-state index in [1.807, 2.05) is 29.0 Å². The molecule has 1 atom stereocenters. The van der Waals surface area contributed by atoms with Gasteiger partial charge in [0.1, 0.15) is 5.82 Å². The maximum absolute atomic E-state index is 15.0. The zero-order valence-corrected chi connectivity index (χ0v) is 21.4. The Hall–Kier alpha value is -3.03. The molecule has 37 heavy (non-hydrogen) atoms. The minimum Gasteiger partial charge on any atom is -0.349 e. The molecule has 3 N–H and O–H groups in total. The summed E-state index contributed by atoms with van der Waals surface area (Å²) in [7, 11) is 0. The minimum absolute atomic E-state index is 0.0226. The average Bonchev–Trinajstić information content (AvgIpc) is 3.83. The summed E-state index contributed by atoms with van der Waals surface area (Å²) in [6, 6.07) is 9.40. The Morgan fingerprint density at radius 3 is 2.65 bits per heavy atom. The van der Waals surface area contributed by atoms with Crippen molar-refractivity contribution >= 4 is 16.7 Å². The number of nitrogens with one attached hydrogen (secondary N) is 1. The average molecular weight is 503 g/mol. The Morgan fingerprint density at radius 2 is 1.92 bits per heavy atom. The molecule has 0 radical (unpaired) electrons. The highest BCUT2D eigenvalue weighted by atomic mass is 19.1. The first-order chi connectivity index (χ1) is 17.9. The Labute approximate surface area is 216 Å². The van der Waals surface area contributed by atoms with Gasteiger partial charge in [-0.25, -0.2) is 4.39 Å². The fourth-order valence-electron chi connectivity index (χ4n) is 5.67. The maximum Gasteiger partial charge on any atom is 0.258 e. The number of carbonyl (C=O) groups is 1. The summed E-state index contributed by atoms with van der Waals surface area (Å²) in [5.74, 6) is -0.0589. The molecule has 1 saturated heterocycles. The van der Waals surface area contributed by atoms with Crippen molar-refractivity contribution < 1.29 is 9.18 Å². The van der Waals surface area contributed by atoms with Crippen molar-refractivity contribution in [1.29, 1.82) is 0 Å². The SMILES string of the molecule is Cc1c(F)cc(C(=O)NC2CC2)cc1-c1ccc2c(=O)n(CC3CC3)cc(CN3CCC[C@H]3CN)c2c1. The van der Waals surface area contributed by atoms with E-state index in [0.29, 0.717) is 40.6 Å². The van der Waals surface area contributed by atoms with Gasteiger partial charge in [0.2, 0.25) is 0 Å². The molecule has 2 saturated carbocycles. The topological polar surface area (TPSA) is 80.4 Å². The number of hydrogen-bond donors (Lipinski definition) is 2. The Bertz CT molecular complexity index is 1420. The van der Waals surface area contributed by atoms with Crippen LogP contribution in [0.25, 0.3) is 21.9 Å². The lowest BCUT2D eigenvalue weighted by molar-refractivity contribution is 0.0950. The van der Waals surface area contributed by atoms with Gasteiger partial charge in [0.05, 0.1) is 0 Å². The number of nitrogens with zero attached hydrogens (tertiary/aromatic N) is 2. The van der Waals surface area contributed by atoms with Gasteiger partial charge in [-0.15, -0.1) is 0 Å². The lowest BCUT2D eigenvalue weighted by Gasteiger charge is -2.24. The van der Waals surface area contributed by atoms with Crippen LogP contribution in [0, 0.1) is 18.7 Å². The minimum atomic E-state index is -0.401. The van der Waals surface area contributed by atoms with Crippen LogP contribution in [0.4, 0.5) is 4.39 Å². The van der Waals surface area contributed by atoms with E-state index in [1.165, 1.54) is 18.9 Å². The standard InChI is InChI=1S/C30H35FN4O2/c1-18-26(12-21(13-28(18)31)29(36)33-23-7-8-23)20-6-9-25-27(11-20)22(16-34-10-2-3-24(34)14-32)17-35(30(25)37)15-19-4-5-19/h6,9,11-13,17,19,23-24H,2-5,7-8,10,14-16,32H2,1H3,(H,33,36)/t24-/m0/s1. The molecule has 1 aliphatic heterocycles. The third-order valence-corrected chi connectivity index (χ3v) is 8.29. The van der Waals surface area contributed by atoms with Crippen molar-refractivity contribution in [3.8, 4) is 11.1 Å². The molecule has 6 rings (SSSR count). The van der Waals surface area contributed by atoms with E-state index >= 15 is 0 Å². The van der Waals surface area contributed by atoms with Crippen molar-refractivity contribution in [3.63, 3.8) is 0 Å². The summed E-state index contributed by atoms with van der Waals surface area (Å²) in [6.07, 6.45) is 8.55. The van der Waals surface area contributed by atoms with Crippen molar-refractivity contribution in [2.75, 3.05) is 13.1 Å². The maximum atomic E-state index is 15.0. The quantitative estimate of drug-likeness (QED) is 0.480. The number of fused-ring (bicyclic) bond motifs is 1. The largest absolute Gasteiger partial charge is 0.349 e. The fourth-order valence-corrected chi connectivity index (χ4v) is 5.67. The molecule has 0 spiro atoms. The van der Waals surface area contributed by atoms with Crippen LogP contribution in [0.15, 0.2) is 41.3 Å². The number of halogens is 1. The molecule has 2 aliphatic carbocycles. The van der Waals surface area contributed by atoms with Crippen LogP contribution >= 0.6 is 0 Å². The molecule has 6 nitrogen and oxygen atoms in total. The first-order valence-corrected chi connectivity index (χ1v) is 13.6. The highest BCUT2D eigenvalue weighted by Gasteiger charge is 2.27. The van der Waals surface area contributed by atoms with E-state index in [9.17, 15) is 14.0 Å². The molecule has 1 aromatic heterocycles. The van der Waals surface area contributed by atoms with E-state index < -0.39 is 5.82 Å². The zero-order chi connectivity index (χ0) is 25.7. The van der Waals surface area contributed by atoms with E-state index in [4.69, 9.17) is 5.73 Å². The van der Waals surface area contributed by atoms with E-state index in [-0.39, 0.29) is 17.5 Å². The van der Waals surface area contributed by atoms with Gasteiger partial charge in [-0.05, 0) is 110 Å². The van der Waals surface area contributed by atoms with Gasteiger partial charge in [-0.1, -0.05) is 6.07 Å². The summed E-state index contributed by atoms with van der Waals surface area (Å²) in [6.45, 7) is 4.84. The summed E-state index contributed by atoms with van der Waals surface area (Å²) >= 11 is 0. The van der Waals surface area contributed by atoms with E-state index in [2.05, 4.69) is 10.2 Å². The van der Waals surface area contributed by atoms with Gasteiger partial charge < -0.3 is 15.6 Å². The molecular weight excluding hydrogens is 467 g/mol. The van der Waals surface area contributed by atoms with Crippen LogP contribution in [-0.4, -0.2) is 40.5 Å². The molecule has 194 valence electrons. The second-order valence-electron chi connectivity index (χ2n) is 11.2. The van der Waals surface area contributed by atoms with Crippen molar-refractivity contribution in [2.45, 2.75) is 70.6 Å². The molecule has 0 bridgehead atoms. The number of hydrogen-bond acceptors (Lipinski definition) is 4. The monoisotopic (exact) mass is 502 g/mol. The van der Waals surface area contributed by atoms with Crippen LogP contribution in [0.2, 0.25) is 0 Å². The van der Waals surface area contributed by atoms with Gasteiger partial charge in [0.25, 0.3) is 11.5 Å². The highest BCUT2D eigenvalue weighted by molar-refractivity contribution is 5.97. The molecule has 3 aromatic rings. The number of amides is 1. The summed E-state index contributed by atoms with van der Waals surface area (Å²) in [4.78, 5) is 28.6. The van der Waals surface area contributed by atoms with Crippen LogP contribution in [0.3, 0.4) is 0 Å². The van der Waals surface area contributed by atoms with Crippen molar-refractivity contribution in [3.05, 3.63) is 69.4 Å².